The van der Waals surface area contributed by atoms with Crippen LogP contribution >= 0.6 is 0 Å². The molecule has 0 amide bonds. The Morgan fingerprint density at radius 3 is 2.69 bits per heavy atom. The second-order valence-electron chi connectivity index (χ2n) is 10.2. The lowest BCUT2D eigenvalue weighted by atomic mass is 9.96. The van der Waals surface area contributed by atoms with Crippen LogP contribution < -0.4 is 5.43 Å². The van der Waals surface area contributed by atoms with E-state index in [1.165, 1.54) is 6.42 Å². The zero-order valence-corrected chi connectivity index (χ0v) is 21.4. The van der Waals surface area contributed by atoms with Crippen molar-refractivity contribution < 1.29 is 9.52 Å². The molecule has 1 aliphatic rings. The van der Waals surface area contributed by atoms with Gasteiger partial charge < -0.3 is 14.1 Å². The van der Waals surface area contributed by atoms with E-state index in [1.54, 1.807) is 0 Å². The molecule has 0 radical (unpaired) electrons. The lowest BCUT2D eigenvalue weighted by Gasteiger charge is -2.33. The Morgan fingerprint density at radius 2 is 2.00 bits per heavy atom. The van der Waals surface area contributed by atoms with Gasteiger partial charge in [-0.2, -0.15) is 0 Å². The van der Waals surface area contributed by atoms with Gasteiger partial charge in [0, 0.05) is 25.6 Å². The molecule has 184 valence electrons. The molecule has 2 aromatic heterocycles. The Hall–Kier alpha value is -3.12. The molecule has 1 aliphatic heterocycles. The average Bonchev–Trinajstić information content (AvgIpc) is 3.18. The monoisotopic (exact) mass is 473 g/mol. The van der Waals surface area contributed by atoms with Crippen molar-refractivity contribution in [2.45, 2.75) is 71.9 Å². The highest BCUT2D eigenvalue weighted by atomic mass is 16.3. The van der Waals surface area contributed by atoms with Gasteiger partial charge in [-0.3, -0.25) is 9.69 Å². The fraction of sp³-hybridized carbons (Fsp3) is 0.448. The van der Waals surface area contributed by atoms with Gasteiger partial charge in [0.25, 0.3) is 0 Å². The second-order valence-corrected chi connectivity index (χ2v) is 10.2. The Labute approximate surface area is 206 Å². The van der Waals surface area contributed by atoms with E-state index in [4.69, 9.17) is 9.40 Å². The van der Waals surface area contributed by atoms with E-state index < -0.39 is 0 Å². The number of piperidine rings is 1. The number of hydrogen-bond acceptors (Lipinski definition) is 5. The van der Waals surface area contributed by atoms with Crippen molar-refractivity contribution >= 4 is 22.0 Å². The molecule has 1 atom stereocenters. The number of aromatic hydroxyl groups is 1. The van der Waals surface area contributed by atoms with Crippen LogP contribution in [-0.2, 0) is 20.0 Å². The molecule has 0 saturated carbocycles. The van der Waals surface area contributed by atoms with Crippen LogP contribution in [0.3, 0.4) is 0 Å². The maximum absolute atomic E-state index is 14.2. The lowest BCUT2D eigenvalue weighted by molar-refractivity contribution is 0.151. The van der Waals surface area contributed by atoms with Crippen LogP contribution in [0.4, 0.5) is 0 Å². The third kappa shape index (κ3) is 3.94. The lowest BCUT2D eigenvalue weighted by Crippen LogP contribution is -2.36. The number of likely N-dealkylation sites (tertiary alicyclic amines) is 1. The SMILES string of the molecule is CCc1cc2c(=O)c(-c3nc4ccccc4n3C)c(C(C)C)oc2c(CN2CCCCC2C)c1O. The van der Waals surface area contributed by atoms with Crippen molar-refractivity contribution in [3.63, 3.8) is 0 Å². The number of nitrogens with zero attached hydrogens (tertiary/aromatic N) is 3. The van der Waals surface area contributed by atoms with Crippen LogP contribution in [0, 0.1) is 0 Å². The van der Waals surface area contributed by atoms with Crippen LogP contribution in [0.15, 0.2) is 39.5 Å². The van der Waals surface area contributed by atoms with Gasteiger partial charge in [-0.15, -0.1) is 0 Å². The largest absolute Gasteiger partial charge is 0.507 e. The maximum atomic E-state index is 14.2. The molecule has 1 N–H and O–H groups in total. The van der Waals surface area contributed by atoms with Gasteiger partial charge in [0.15, 0.2) is 0 Å². The van der Waals surface area contributed by atoms with Gasteiger partial charge >= 0.3 is 0 Å². The number of imidazole rings is 1. The number of aryl methyl sites for hydroxylation is 2. The number of fused-ring (bicyclic) bond motifs is 2. The molecular formula is C29H35N3O3. The first-order valence-corrected chi connectivity index (χ1v) is 12.8. The first-order chi connectivity index (χ1) is 16.8. The summed E-state index contributed by atoms with van der Waals surface area (Å²) in [6.07, 6.45) is 4.16. The molecule has 0 aliphatic carbocycles. The normalized spacial score (nSPS) is 17.1. The van der Waals surface area contributed by atoms with Crippen molar-refractivity contribution in [1.29, 1.82) is 0 Å². The van der Waals surface area contributed by atoms with E-state index in [0.717, 1.165) is 41.5 Å². The van der Waals surface area contributed by atoms with Crippen molar-refractivity contribution in [1.82, 2.24) is 14.5 Å². The van der Waals surface area contributed by atoms with Gasteiger partial charge in [0.2, 0.25) is 5.43 Å². The van der Waals surface area contributed by atoms with E-state index >= 15 is 0 Å². The summed E-state index contributed by atoms with van der Waals surface area (Å²) >= 11 is 0. The fourth-order valence-corrected chi connectivity index (χ4v) is 5.46. The Kier molecular flexibility index (Phi) is 6.18. The number of phenolic OH excluding ortho intramolecular Hbond substituents is 1. The number of para-hydroxylation sites is 2. The standard InChI is InChI=1S/C29H35N3O3/c1-6-19-15-20-26(34)24(29-30-22-12-7-8-13-23(22)31(29)5)27(17(2)3)35-28(20)21(25(19)33)16-32-14-10-9-11-18(32)4/h7-8,12-13,15,17-18,33H,6,9-11,14,16H2,1-5H3. The molecule has 6 heteroatoms. The molecule has 4 aromatic rings. The Bertz CT molecular complexity index is 1460. The second kappa shape index (κ2) is 9.15. The van der Waals surface area contributed by atoms with Crippen molar-refractivity contribution in [2.24, 2.45) is 7.05 Å². The minimum absolute atomic E-state index is 0.0309. The molecule has 3 heterocycles. The smallest absolute Gasteiger partial charge is 0.203 e. The highest BCUT2D eigenvalue weighted by molar-refractivity contribution is 5.89. The molecule has 35 heavy (non-hydrogen) atoms. The minimum atomic E-state index is -0.0870. The Morgan fingerprint density at radius 1 is 1.23 bits per heavy atom. The van der Waals surface area contributed by atoms with Crippen LogP contribution in [0.2, 0.25) is 0 Å². The van der Waals surface area contributed by atoms with Crippen molar-refractivity contribution in [3.8, 4) is 17.1 Å². The van der Waals surface area contributed by atoms with Crippen molar-refractivity contribution in [2.75, 3.05) is 6.54 Å². The molecule has 6 nitrogen and oxygen atoms in total. The van der Waals surface area contributed by atoms with Gasteiger partial charge in [0.1, 0.15) is 28.5 Å². The first kappa shape index (κ1) is 23.6. The molecule has 5 rings (SSSR count). The van der Waals surface area contributed by atoms with E-state index in [9.17, 15) is 9.90 Å². The molecule has 1 unspecified atom stereocenters. The van der Waals surface area contributed by atoms with Crippen LogP contribution in [-0.4, -0.2) is 32.1 Å². The summed E-state index contributed by atoms with van der Waals surface area (Å²) in [6.45, 7) is 9.86. The number of aromatic nitrogens is 2. The molecule has 1 saturated heterocycles. The average molecular weight is 474 g/mol. The van der Waals surface area contributed by atoms with Gasteiger partial charge in [0.05, 0.1) is 22.0 Å². The summed E-state index contributed by atoms with van der Waals surface area (Å²) in [4.78, 5) is 21.4. The fourth-order valence-electron chi connectivity index (χ4n) is 5.46. The zero-order chi connectivity index (χ0) is 24.9. The van der Waals surface area contributed by atoms with Crippen molar-refractivity contribution in [3.05, 3.63) is 57.4 Å². The summed E-state index contributed by atoms with van der Waals surface area (Å²) in [7, 11) is 1.94. The minimum Gasteiger partial charge on any atom is -0.507 e. The first-order valence-electron chi connectivity index (χ1n) is 12.8. The van der Waals surface area contributed by atoms with Crippen LogP contribution in [0.5, 0.6) is 5.75 Å². The zero-order valence-electron chi connectivity index (χ0n) is 21.4. The maximum Gasteiger partial charge on any atom is 0.203 e. The van der Waals surface area contributed by atoms with E-state index in [2.05, 4.69) is 11.8 Å². The molecule has 1 fully saturated rings. The third-order valence-corrected chi connectivity index (χ3v) is 7.58. The predicted molar refractivity (Wildman–Crippen MR) is 141 cm³/mol. The number of hydrogen-bond donors (Lipinski definition) is 1. The van der Waals surface area contributed by atoms with Gasteiger partial charge in [-0.25, -0.2) is 4.98 Å². The molecule has 0 spiro atoms. The third-order valence-electron chi connectivity index (χ3n) is 7.58. The molecule has 0 bridgehead atoms. The van der Waals surface area contributed by atoms with E-state index in [1.807, 2.05) is 62.7 Å². The summed E-state index contributed by atoms with van der Waals surface area (Å²) in [5, 5.41) is 11.8. The van der Waals surface area contributed by atoms with Crippen LogP contribution in [0.25, 0.3) is 33.4 Å². The van der Waals surface area contributed by atoms with Gasteiger partial charge in [-0.05, 0) is 56.5 Å². The molecule has 2 aromatic carbocycles. The number of rotatable bonds is 5. The summed E-state index contributed by atoms with van der Waals surface area (Å²) in [5.41, 5.74) is 4.25. The van der Waals surface area contributed by atoms with Crippen LogP contribution in [0.1, 0.15) is 69.8 Å². The number of phenols is 1. The Balaban J connectivity index is 1.80. The summed E-state index contributed by atoms with van der Waals surface area (Å²) in [6, 6.07) is 10.1. The predicted octanol–water partition coefficient (Wildman–Crippen LogP) is 6.11. The highest BCUT2D eigenvalue weighted by Crippen LogP contribution is 2.37. The summed E-state index contributed by atoms with van der Waals surface area (Å²) in [5.74, 6) is 1.45. The van der Waals surface area contributed by atoms with E-state index in [-0.39, 0.29) is 17.1 Å². The molecular weight excluding hydrogens is 438 g/mol. The van der Waals surface area contributed by atoms with Gasteiger partial charge in [-0.1, -0.05) is 39.3 Å². The number of benzene rings is 2. The van der Waals surface area contributed by atoms with E-state index in [0.29, 0.717) is 47.1 Å². The quantitative estimate of drug-likeness (QED) is 0.378. The highest BCUT2D eigenvalue weighted by Gasteiger charge is 2.28. The topological polar surface area (TPSA) is 71.5 Å². The summed E-state index contributed by atoms with van der Waals surface area (Å²) < 4.78 is 8.56.